The van der Waals surface area contributed by atoms with Crippen molar-refractivity contribution in [2.45, 2.75) is 25.8 Å². The van der Waals surface area contributed by atoms with E-state index in [-0.39, 0.29) is 13.6 Å². The molecule has 2 aromatic carbocycles. The highest BCUT2D eigenvalue weighted by Crippen LogP contribution is 2.41. The second-order valence-corrected chi connectivity index (χ2v) is 7.65. The monoisotopic (exact) mass is 398 g/mol. The van der Waals surface area contributed by atoms with Crippen LogP contribution in [0.15, 0.2) is 36.4 Å². The van der Waals surface area contributed by atoms with Crippen LogP contribution in [0.25, 0.3) is 10.9 Å². The maximum atomic E-state index is 12.7. The molecule has 0 bridgehead atoms. The molecule has 2 aliphatic rings. The fraction of sp³-hybridized carbons (Fsp3) is 0.318. The molecule has 28 heavy (non-hydrogen) atoms. The molecule has 1 N–H and O–H groups in total. The molecule has 0 spiro atoms. The Balaban J connectivity index is 0.00000205. The Morgan fingerprint density at radius 3 is 3.07 bits per heavy atom. The summed E-state index contributed by atoms with van der Waals surface area (Å²) in [6.45, 7) is 3.50. The van der Waals surface area contributed by atoms with E-state index in [2.05, 4.69) is 17.1 Å². The van der Waals surface area contributed by atoms with Gasteiger partial charge in [-0.2, -0.15) is 0 Å². The minimum absolute atomic E-state index is 0. The Morgan fingerprint density at radius 2 is 2.21 bits per heavy atom. The van der Waals surface area contributed by atoms with E-state index in [0.717, 1.165) is 40.8 Å². The maximum absolute atomic E-state index is 12.7. The van der Waals surface area contributed by atoms with Gasteiger partial charge in [0.05, 0.1) is 13.2 Å². The van der Waals surface area contributed by atoms with Crippen molar-refractivity contribution in [2.75, 3.05) is 19.8 Å². The average molecular weight is 399 g/mol. The van der Waals surface area contributed by atoms with E-state index in [4.69, 9.17) is 21.1 Å². The lowest BCUT2D eigenvalue weighted by Gasteiger charge is -2.35. The van der Waals surface area contributed by atoms with Crippen LogP contribution < -0.4 is 4.74 Å². The molecule has 5 rings (SSSR count). The highest BCUT2D eigenvalue weighted by molar-refractivity contribution is 6.31. The van der Waals surface area contributed by atoms with Gasteiger partial charge in [0.15, 0.2) is 0 Å². The Labute approximate surface area is 169 Å². The molecule has 3 heterocycles. The molecule has 1 unspecified atom stereocenters. The zero-order chi connectivity index (χ0) is 19.3. The Kier molecular flexibility index (Phi) is 4.20. The second kappa shape index (κ2) is 6.74. The maximum Gasteiger partial charge on any atom is 0.410 e. The van der Waals surface area contributed by atoms with Crippen molar-refractivity contribution in [1.29, 1.82) is 0 Å². The smallest absolute Gasteiger partial charge is 0.410 e. The van der Waals surface area contributed by atoms with Crippen molar-refractivity contribution in [3.8, 4) is 5.75 Å². The summed E-state index contributed by atoms with van der Waals surface area (Å²) in [6, 6.07) is 11.9. The van der Waals surface area contributed by atoms with Gasteiger partial charge in [0, 0.05) is 36.0 Å². The molecule has 0 saturated heterocycles. The summed E-state index contributed by atoms with van der Waals surface area (Å²) >= 11 is 6.24. The first kappa shape index (κ1) is 17.4. The van der Waals surface area contributed by atoms with Gasteiger partial charge in [-0.05, 0) is 60.4 Å². The minimum Gasteiger partial charge on any atom is -0.493 e. The van der Waals surface area contributed by atoms with Crippen molar-refractivity contribution in [1.82, 2.24) is 9.88 Å². The lowest BCUT2D eigenvalue weighted by atomic mass is 9.91. The fourth-order valence-electron chi connectivity index (χ4n) is 4.39. The number of fused-ring (bicyclic) bond motifs is 4. The summed E-state index contributed by atoms with van der Waals surface area (Å²) in [5.74, 6) is 0.936. The van der Waals surface area contributed by atoms with E-state index >= 15 is 0 Å². The van der Waals surface area contributed by atoms with E-state index in [1.165, 1.54) is 11.1 Å². The molecule has 0 aliphatic carbocycles. The minimum atomic E-state index is -0.286. The number of aromatic nitrogens is 1. The predicted molar refractivity (Wildman–Crippen MR) is 110 cm³/mol. The van der Waals surface area contributed by atoms with Crippen LogP contribution >= 0.6 is 11.6 Å². The first-order valence-corrected chi connectivity index (χ1v) is 10.0. The normalized spacial score (nSPS) is 17.9. The van der Waals surface area contributed by atoms with Gasteiger partial charge in [-0.25, -0.2) is 4.79 Å². The molecule has 2 aliphatic heterocycles. The summed E-state index contributed by atoms with van der Waals surface area (Å²) < 4.78 is 11.0. The van der Waals surface area contributed by atoms with Crippen LogP contribution in [0, 0.1) is 0 Å². The van der Waals surface area contributed by atoms with E-state index in [1.807, 2.05) is 36.1 Å². The lowest BCUT2D eigenvalue weighted by Crippen LogP contribution is -2.41. The molecular formula is C22H23ClN2O3. The zero-order valence-corrected chi connectivity index (χ0v) is 16.4. The number of benzene rings is 2. The highest BCUT2D eigenvalue weighted by Gasteiger charge is 2.36. The summed E-state index contributed by atoms with van der Waals surface area (Å²) in [6.07, 6.45) is 1.37. The molecule has 1 atom stereocenters. The summed E-state index contributed by atoms with van der Waals surface area (Å²) in [5, 5.41) is 1.84. The third-order valence-corrected chi connectivity index (χ3v) is 5.86. The molecule has 146 valence electrons. The largest absolute Gasteiger partial charge is 0.493 e. The number of aromatic amines is 1. The molecule has 1 aromatic heterocycles. The van der Waals surface area contributed by atoms with Crippen molar-refractivity contribution >= 4 is 28.6 Å². The Bertz CT molecular complexity index is 1080. The summed E-state index contributed by atoms with van der Waals surface area (Å²) in [4.78, 5) is 18.1. The van der Waals surface area contributed by atoms with Crippen LogP contribution in [-0.4, -0.2) is 35.7 Å². The van der Waals surface area contributed by atoms with E-state index < -0.39 is 0 Å². The van der Waals surface area contributed by atoms with Gasteiger partial charge in [-0.3, -0.25) is 4.90 Å². The zero-order valence-electron chi connectivity index (χ0n) is 15.6. The van der Waals surface area contributed by atoms with E-state index in [1.54, 1.807) is 0 Å². The number of carbonyl (C=O) groups excluding carboxylic acids is 1. The molecule has 5 nitrogen and oxygen atoms in total. The molecule has 6 heteroatoms. The SMILES string of the molecule is CCOC(=O)N1CCc2c([nH]c3ccc(Cl)cc23)C1c1ccc2c(c1)CCO2.[HH]. The molecular weight excluding hydrogens is 376 g/mol. The number of hydrogen-bond acceptors (Lipinski definition) is 3. The Morgan fingerprint density at radius 1 is 1.32 bits per heavy atom. The molecule has 3 aromatic rings. The van der Waals surface area contributed by atoms with Gasteiger partial charge in [-0.15, -0.1) is 0 Å². The molecule has 0 saturated carbocycles. The highest BCUT2D eigenvalue weighted by atomic mass is 35.5. The van der Waals surface area contributed by atoms with Crippen LogP contribution in [0.5, 0.6) is 5.75 Å². The van der Waals surface area contributed by atoms with Gasteiger partial charge in [0.2, 0.25) is 0 Å². The van der Waals surface area contributed by atoms with Gasteiger partial charge in [-0.1, -0.05) is 17.7 Å². The van der Waals surface area contributed by atoms with Gasteiger partial charge in [0.25, 0.3) is 0 Å². The Hall–Kier alpha value is -2.66. The number of nitrogens with zero attached hydrogens (tertiary/aromatic N) is 1. The first-order chi connectivity index (χ1) is 13.7. The molecule has 1 amide bonds. The third-order valence-electron chi connectivity index (χ3n) is 5.62. The number of carbonyl (C=O) groups is 1. The number of amides is 1. The van der Waals surface area contributed by atoms with E-state index in [0.29, 0.717) is 24.8 Å². The first-order valence-electron chi connectivity index (χ1n) is 9.64. The lowest BCUT2D eigenvalue weighted by molar-refractivity contribution is 0.0932. The van der Waals surface area contributed by atoms with Crippen LogP contribution in [0.1, 0.15) is 36.8 Å². The van der Waals surface area contributed by atoms with Crippen molar-refractivity contribution < 1.29 is 15.7 Å². The average Bonchev–Trinajstić information content (AvgIpc) is 3.30. The van der Waals surface area contributed by atoms with Crippen LogP contribution in [0.4, 0.5) is 4.79 Å². The molecule has 0 radical (unpaired) electrons. The standard InChI is InChI=1S/C22H21ClN2O3.H2/c1-2-27-22(26)25-9-7-16-17-12-15(23)4-5-18(17)24-20(16)21(25)14-3-6-19-13(11-14)8-10-28-19;/h3-6,11-12,21,24H,2,7-10H2,1H3;1H. The van der Waals surface area contributed by atoms with Gasteiger partial charge < -0.3 is 14.5 Å². The fourth-order valence-corrected chi connectivity index (χ4v) is 4.56. The second-order valence-electron chi connectivity index (χ2n) is 7.22. The van der Waals surface area contributed by atoms with Crippen molar-refractivity contribution in [2.24, 2.45) is 0 Å². The molecule has 0 fully saturated rings. The topological polar surface area (TPSA) is 54.6 Å². The quantitative estimate of drug-likeness (QED) is 0.652. The predicted octanol–water partition coefficient (Wildman–Crippen LogP) is 5.11. The number of ether oxygens (including phenoxy) is 2. The number of halogens is 1. The van der Waals surface area contributed by atoms with Crippen LogP contribution in [0.3, 0.4) is 0 Å². The third kappa shape index (κ3) is 2.73. The van der Waals surface area contributed by atoms with Crippen LogP contribution in [-0.2, 0) is 17.6 Å². The van der Waals surface area contributed by atoms with Crippen molar-refractivity contribution in [3.05, 3.63) is 63.8 Å². The van der Waals surface area contributed by atoms with Gasteiger partial charge in [0.1, 0.15) is 11.8 Å². The number of H-pyrrole nitrogens is 1. The number of nitrogens with one attached hydrogen (secondary N) is 1. The van der Waals surface area contributed by atoms with Crippen LogP contribution in [0.2, 0.25) is 5.02 Å². The van der Waals surface area contributed by atoms with E-state index in [9.17, 15) is 4.79 Å². The van der Waals surface area contributed by atoms with Gasteiger partial charge >= 0.3 is 6.09 Å². The summed E-state index contributed by atoms with van der Waals surface area (Å²) in [5.41, 5.74) is 5.55. The number of hydrogen-bond donors (Lipinski definition) is 1. The van der Waals surface area contributed by atoms with Crippen molar-refractivity contribution in [3.63, 3.8) is 0 Å². The number of rotatable bonds is 2. The summed E-state index contributed by atoms with van der Waals surface area (Å²) in [7, 11) is 0.